The quantitative estimate of drug-likeness (QED) is 0.287. The second kappa shape index (κ2) is 11.0. The van der Waals surface area contributed by atoms with E-state index in [-0.39, 0.29) is 17.9 Å². The van der Waals surface area contributed by atoms with E-state index in [1.165, 1.54) is 0 Å². The summed E-state index contributed by atoms with van der Waals surface area (Å²) in [4.78, 5) is 31.5. The van der Waals surface area contributed by atoms with Crippen molar-refractivity contribution in [3.8, 4) is 5.69 Å². The van der Waals surface area contributed by atoms with Gasteiger partial charge in [-0.25, -0.2) is 4.68 Å². The van der Waals surface area contributed by atoms with E-state index in [0.29, 0.717) is 22.5 Å². The normalized spacial score (nSPS) is 13.8. The lowest BCUT2D eigenvalue weighted by molar-refractivity contribution is 0.101. The highest BCUT2D eigenvalue weighted by molar-refractivity contribution is 6.05. The molecule has 3 N–H and O–H groups in total. The van der Waals surface area contributed by atoms with Gasteiger partial charge in [0, 0.05) is 59.1 Å². The lowest BCUT2D eigenvalue weighted by atomic mass is 10.1. The van der Waals surface area contributed by atoms with Crippen molar-refractivity contribution in [1.29, 1.82) is 0 Å². The number of anilines is 3. The molecule has 0 bridgehead atoms. The van der Waals surface area contributed by atoms with Crippen LogP contribution in [0.1, 0.15) is 33.6 Å². The summed E-state index contributed by atoms with van der Waals surface area (Å²) in [5.74, 6) is -0.385. The van der Waals surface area contributed by atoms with Gasteiger partial charge in [-0.1, -0.05) is 0 Å². The van der Waals surface area contributed by atoms with E-state index in [2.05, 4.69) is 25.6 Å². The zero-order valence-corrected chi connectivity index (χ0v) is 21.7. The molecular weight excluding hydrogens is 504 g/mol. The number of carbonyl (C=O) groups is 2. The van der Waals surface area contributed by atoms with Gasteiger partial charge in [0.1, 0.15) is 0 Å². The SMILES string of the molecule is O=C(Nc1ccc(-n2ncc3cc(NC(=O)c4ccc(N5CCC(O)CC5)cc4)ccc32)cc1)c1ccncc1. The summed E-state index contributed by atoms with van der Waals surface area (Å²) in [6.07, 6.45) is 6.23. The Labute approximate surface area is 231 Å². The van der Waals surface area contributed by atoms with Gasteiger partial charge >= 0.3 is 0 Å². The van der Waals surface area contributed by atoms with Gasteiger partial charge in [0.05, 0.1) is 23.5 Å². The Balaban J connectivity index is 1.11. The molecule has 1 aliphatic rings. The molecule has 40 heavy (non-hydrogen) atoms. The first kappa shape index (κ1) is 25.3. The number of nitrogens with one attached hydrogen (secondary N) is 2. The minimum absolute atomic E-state index is 0.184. The fraction of sp³-hybridized carbons (Fsp3) is 0.161. The van der Waals surface area contributed by atoms with Crippen LogP contribution in [0.5, 0.6) is 0 Å². The molecule has 5 aromatic rings. The molecule has 1 saturated heterocycles. The third-order valence-electron chi connectivity index (χ3n) is 7.10. The monoisotopic (exact) mass is 532 g/mol. The molecule has 0 saturated carbocycles. The number of nitrogens with zero attached hydrogens (tertiary/aromatic N) is 4. The number of benzene rings is 3. The molecule has 3 heterocycles. The Morgan fingerprint density at radius 1 is 0.750 bits per heavy atom. The summed E-state index contributed by atoms with van der Waals surface area (Å²) in [5.41, 5.74) is 5.26. The third kappa shape index (κ3) is 5.41. The third-order valence-corrected chi connectivity index (χ3v) is 7.10. The predicted molar refractivity (Wildman–Crippen MR) is 155 cm³/mol. The highest BCUT2D eigenvalue weighted by Crippen LogP contribution is 2.25. The Hall–Kier alpha value is -5.02. The number of amides is 2. The molecule has 1 fully saturated rings. The number of aromatic nitrogens is 3. The van der Waals surface area contributed by atoms with Gasteiger partial charge in [0.15, 0.2) is 0 Å². The predicted octanol–water partition coefficient (Wildman–Crippen LogP) is 4.89. The van der Waals surface area contributed by atoms with E-state index in [1.807, 2.05) is 71.4 Å². The van der Waals surface area contributed by atoms with Crippen molar-refractivity contribution in [1.82, 2.24) is 14.8 Å². The lowest BCUT2D eigenvalue weighted by Gasteiger charge is -2.31. The van der Waals surface area contributed by atoms with Crippen molar-refractivity contribution in [3.63, 3.8) is 0 Å². The minimum atomic E-state index is -0.219. The molecule has 0 atom stereocenters. The molecule has 0 unspecified atom stereocenters. The van der Waals surface area contributed by atoms with E-state index in [9.17, 15) is 14.7 Å². The van der Waals surface area contributed by atoms with E-state index in [0.717, 1.165) is 48.2 Å². The second-order valence-corrected chi connectivity index (χ2v) is 9.79. The first-order chi connectivity index (χ1) is 19.5. The lowest BCUT2D eigenvalue weighted by Crippen LogP contribution is -2.35. The van der Waals surface area contributed by atoms with Crippen molar-refractivity contribution < 1.29 is 14.7 Å². The van der Waals surface area contributed by atoms with Crippen molar-refractivity contribution in [2.45, 2.75) is 18.9 Å². The van der Waals surface area contributed by atoms with Gasteiger partial charge in [0.2, 0.25) is 0 Å². The Kier molecular flexibility index (Phi) is 6.95. The van der Waals surface area contributed by atoms with Gasteiger partial charge in [-0.2, -0.15) is 5.10 Å². The second-order valence-electron chi connectivity index (χ2n) is 9.79. The summed E-state index contributed by atoms with van der Waals surface area (Å²) in [7, 11) is 0. The Morgan fingerprint density at radius 2 is 1.35 bits per heavy atom. The maximum Gasteiger partial charge on any atom is 0.255 e. The number of fused-ring (bicyclic) bond motifs is 1. The maximum atomic E-state index is 12.9. The number of hydrogen-bond acceptors (Lipinski definition) is 6. The number of hydrogen-bond donors (Lipinski definition) is 3. The number of piperidine rings is 1. The first-order valence-electron chi connectivity index (χ1n) is 13.2. The van der Waals surface area contributed by atoms with Crippen LogP contribution < -0.4 is 15.5 Å². The smallest absolute Gasteiger partial charge is 0.255 e. The van der Waals surface area contributed by atoms with E-state index < -0.39 is 0 Å². The van der Waals surface area contributed by atoms with Crippen molar-refractivity contribution >= 4 is 39.8 Å². The minimum Gasteiger partial charge on any atom is -0.393 e. The van der Waals surface area contributed by atoms with Crippen LogP contribution in [0.4, 0.5) is 17.1 Å². The first-order valence-corrected chi connectivity index (χ1v) is 13.2. The van der Waals surface area contributed by atoms with Crippen molar-refractivity contribution in [2.24, 2.45) is 0 Å². The molecule has 9 nitrogen and oxygen atoms in total. The molecule has 9 heteroatoms. The molecule has 0 aliphatic carbocycles. The maximum absolute atomic E-state index is 12.9. The van der Waals surface area contributed by atoms with Crippen molar-refractivity contribution in [3.05, 3.63) is 109 Å². The number of pyridine rings is 1. The summed E-state index contributed by atoms with van der Waals surface area (Å²) in [5, 5.41) is 21.0. The van der Waals surface area contributed by atoms with Crippen LogP contribution in [-0.4, -0.2) is 50.9 Å². The molecular formula is C31H28N6O3. The van der Waals surface area contributed by atoms with Gasteiger partial charge in [-0.3, -0.25) is 14.6 Å². The van der Waals surface area contributed by atoms with Gasteiger partial charge in [-0.15, -0.1) is 0 Å². The van der Waals surface area contributed by atoms with Gasteiger partial charge in [-0.05, 0) is 91.7 Å². The topological polar surface area (TPSA) is 112 Å². The van der Waals surface area contributed by atoms with E-state index in [4.69, 9.17) is 0 Å². The molecule has 3 aromatic carbocycles. The summed E-state index contributed by atoms with van der Waals surface area (Å²) < 4.78 is 1.81. The molecule has 1 aliphatic heterocycles. The van der Waals surface area contributed by atoms with Crippen LogP contribution in [0.3, 0.4) is 0 Å². The zero-order valence-electron chi connectivity index (χ0n) is 21.7. The summed E-state index contributed by atoms with van der Waals surface area (Å²) in [6, 6.07) is 24.0. The molecule has 2 amide bonds. The number of aliphatic hydroxyl groups excluding tert-OH is 1. The van der Waals surface area contributed by atoms with Crippen LogP contribution >= 0.6 is 0 Å². The fourth-order valence-electron chi connectivity index (χ4n) is 4.86. The molecule has 6 rings (SSSR count). The Bertz CT molecular complexity index is 1640. The Morgan fingerprint density at radius 3 is 2.05 bits per heavy atom. The summed E-state index contributed by atoms with van der Waals surface area (Å²) >= 11 is 0. The van der Waals surface area contributed by atoms with Crippen LogP contribution in [0.15, 0.2) is 97.5 Å². The standard InChI is InChI=1S/C31H28N6O3/c38-28-13-17-36(18-14-28)26-6-1-21(2-7-26)30(39)35-25-5-10-29-23(19-25)20-33-37(29)27-8-3-24(4-9-27)34-31(40)22-11-15-32-16-12-22/h1-12,15-16,19-20,28,38H,13-14,17-18H2,(H,34,40)(H,35,39). The van der Waals surface area contributed by atoms with E-state index >= 15 is 0 Å². The van der Waals surface area contributed by atoms with Gasteiger partial charge < -0.3 is 20.6 Å². The van der Waals surface area contributed by atoms with Crippen molar-refractivity contribution in [2.75, 3.05) is 28.6 Å². The van der Waals surface area contributed by atoms with Crippen LogP contribution in [0.25, 0.3) is 16.6 Å². The van der Waals surface area contributed by atoms with Crippen LogP contribution in [0.2, 0.25) is 0 Å². The average Bonchev–Trinajstić information content (AvgIpc) is 3.42. The number of carbonyl (C=O) groups excluding carboxylic acids is 2. The van der Waals surface area contributed by atoms with E-state index in [1.54, 1.807) is 30.7 Å². The highest BCUT2D eigenvalue weighted by atomic mass is 16.3. The van der Waals surface area contributed by atoms with Crippen LogP contribution in [-0.2, 0) is 0 Å². The highest BCUT2D eigenvalue weighted by Gasteiger charge is 2.18. The van der Waals surface area contributed by atoms with Crippen LogP contribution in [0, 0.1) is 0 Å². The average molecular weight is 533 g/mol. The zero-order chi connectivity index (χ0) is 27.5. The van der Waals surface area contributed by atoms with Gasteiger partial charge in [0.25, 0.3) is 11.8 Å². The fourth-order valence-corrected chi connectivity index (χ4v) is 4.86. The molecule has 0 spiro atoms. The molecule has 2 aromatic heterocycles. The molecule has 200 valence electrons. The number of rotatable bonds is 6. The molecule has 0 radical (unpaired) electrons. The number of aliphatic hydroxyl groups is 1. The summed E-state index contributed by atoms with van der Waals surface area (Å²) in [6.45, 7) is 1.63. The largest absolute Gasteiger partial charge is 0.393 e.